The Kier molecular flexibility index (Phi) is 4.01. The third-order valence-electron chi connectivity index (χ3n) is 4.03. The third-order valence-corrected chi connectivity index (χ3v) is 4.03. The summed E-state index contributed by atoms with van der Waals surface area (Å²) in [7, 11) is 1.60. The van der Waals surface area contributed by atoms with Crippen LogP contribution < -0.4 is 10.1 Å². The van der Waals surface area contributed by atoms with Gasteiger partial charge in [0.1, 0.15) is 11.4 Å². The van der Waals surface area contributed by atoms with Crippen molar-refractivity contribution in [1.29, 1.82) is 0 Å². The number of aromatic amines is 1. The molecule has 0 atom stereocenters. The molecular weight excluding hydrogens is 298 g/mol. The average Bonchev–Trinajstić information content (AvgIpc) is 3.00. The SMILES string of the molecule is COc1ccc(-c2cc(C(=O)NC3CC(C(=O)O)C3)[nH]n2)cc1. The van der Waals surface area contributed by atoms with Crippen molar-refractivity contribution < 1.29 is 19.4 Å². The van der Waals surface area contributed by atoms with Crippen LogP contribution in [-0.4, -0.2) is 40.3 Å². The summed E-state index contributed by atoms with van der Waals surface area (Å²) < 4.78 is 5.10. The number of benzene rings is 1. The molecule has 0 saturated heterocycles. The lowest BCUT2D eigenvalue weighted by molar-refractivity contribution is -0.145. The van der Waals surface area contributed by atoms with E-state index in [1.54, 1.807) is 13.2 Å². The predicted octanol–water partition coefficient (Wildman–Crippen LogP) is 1.68. The fourth-order valence-electron chi connectivity index (χ4n) is 2.55. The van der Waals surface area contributed by atoms with Crippen LogP contribution in [0.15, 0.2) is 30.3 Å². The molecule has 1 fully saturated rings. The van der Waals surface area contributed by atoms with Gasteiger partial charge in [-0.3, -0.25) is 14.7 Å². The van der Waals surface area contributed by atoms with Gasteiger partial charge in [-0.1, -0.05) is 0 Å². The summed E-state index contributed by atoms with van der Waals surface area (Å²) in [6.07, 6.45) is 0.946. The molecule has 2 aromatic rings. The standard InChI is InChI=1S/C16H17N3O4/c1-23-12-4-2-9(3-5-12)13-8-14(19-18-13)15(20)17-11-6-10(7-11)16(21)22/h2-5,8,10-11H,6-7H2,1H3,(H,17,20)(H,18,19)(H,21,22). The molecule has 1 aromatic heterocycles. The molecule has 1 saturated carbocycles. The van der Waals surface area contributed by atoms with Crippen molar-refractivity contribution >= 4 is 11.9 Å². The minimum atomic E-state index is -0.807. The van der Waals surface area contributed by atoms with Crippen LogP contribution in [-0.2, 0) is 4.79 Å². The maximum atomic E-state index is 12.1. The number of carboxylic acid groups (broad SMARTS) is 1. The zero-order valence-corrected chi connectivity index (χ0v) is 12.6. The van der Waals surface area contributed by atoms with Crippen molar-refractivity contribution in [2.24, 2.45) is 5.92 Å². The van der Waals surface area contributed by atoms with Gasteiger partial charge in [0.05, 0.1) is 18.7 Å². The van der Waals surface area contributed by atoms with Crippen molar-refractivity contribution in [3.63, 3.8) is 0 Å². The predicted molar refractivity (Wildman–Crippen MR) is 82.2 cm³/mol. The highest BCUT2D eigenvalue weighted by molar-refractivity contribution is 5.93. The van der Waals surface area contributed by atoms with Crippen molar-refractivity contribution in [3.8, 4) is 17.0 Å². The Hall–Kier alpha value is -2.83. The lowest BCUT2D eigenvalue weighted by Crippen LogP contribution is -2.46. The smallest absolute Gasteiger partial charge is 0.306 e. The van der Waals surface area contributed by atoms with Gasteiger partial charge >= 0.3 is 5.97 Å². The van der Waals surface area contributed by atoms with Gasteiger partial charge in [0, 0.05) is 11.6 Å². The molecule has 0 aliphatic heterocycles. The van der Waals surface area contributed by atoms with Crippen LogP contribution >= 0.6 is 0 Å². The first-order valence-corrected chi connectivity index (χ1v) is 7.30. The second-order valence-corrected chi connectivity index (χ2v) is 5.57. The summed E-state index contributed by atoms with van der Waals surface area (Å²) >= 11 is 0. The molecule has 3 N–H and O–H groups in total. The van der Waals surface area contributed by atoms with E-state index < -0.39 is 5.97 Å². The Bertz CT molecular complexity index is 717. The van der Waals surface area contributed by atoms with E-state index in [0.717, 1.165) is 11.3 Å². The van der Waals surface area contributed by atoms with Crippen molar-refractivity contribution in [2.75, 3.05) is 7.11 Å². The number of carbonyl (C=O) groups is 2. The second kappa shape index (κ2) is 6.12. The van der Waals surface area contributed by atoms with E-state index in [2.05, 4.69) is 15.5 Å². The van der Waals surface area contributed by atoms with Gasteiger partial charge < -0.3 is 15.2 Å². The number of hydrogen-bond donors (Lipinski definition) is 3. The Balaban J connectivity index is 1.62. The topological polar surface area (TPSA) is 104 Å². The highest BCUT2D eigenvalue weighted by atomic mass is 16.5. The minimum absolute atomic E-state index is 0.0867. The van der Waals surface area contributed by atoms with Gasteiger partial charge in [-0.2, -0.15) is 5.10 Å². The molecule has 1 amide bonds. The molecule has 1 heterocycles. The number of amides is 1. The van der Waals surface area contributed by atoms with Crippen LogP contribution in [0.25, 0.3) is 11.3 Å². The zero-order valence-electron chi connectivity index (χ0n) is 12.6. The number of aromatic nitrogens is 2. The highest BCUT2D eigenvalue weighted by Gasteiger charge is 2.35. The lowest BCUT2D eigenvalue weighted by atomic mass is 9.80. The fourth-order valence-corrected chi connectivity index (χ4v) is 2.55. The monoisotopic (exact) mass is 315 g/mol. The van der Waals surface area contributed by atoms with Crippen molar-refractivity contribution in [1.82, 2.24) is 15.5 Å². The number of carboxylic acids is 1. The molecule has 120 valence electrons. The van der Waals surface area contributed by atoms with E-state index in [4.69, 9.17) is 9.84 Å². The number of hydrogen-bond acceptors (Lipinski definition) is 4. The van der Waals surface area contributed by atoms with E-state index in [-0.39, 0.29) is 17.9 Å². The molecule has 1 aliphatic rings. The zero-order chi connectivity index (χ0) is 16.4. The highest BCUT2D eigenvalue weighted by Crippen LogP contribution is 2.28. The summed E-state index contributed by atoms with van der Waals surface area (Å²) in [6, 6.07) is 8.95. The lowest BCUT2D eigenvalue weighted by Gasteiger charge is -2.32. The van der Waals surface area contributed by atoms with Gasteiger partial charge in [-0.25, -0.2) is 0 Å². The van der Waals surface area contributed by atoms with Crippen LogP contribution in [0, 0.1) is 5.92 Å². The summed E-state index contributed by atoms with van der Waals surface area (Å²) in [4.78, 5) is 22.9. The molecule has 1 aromatic carbocycles. The quantitative estimate of drug-likeness (QED) is 0.778. The average molecular weight is 315 g/mol. The number of nitrogens with one attached hydrogen (secondary N) is 2. The largest absolute Gasteiger partial charge is 0.497 e. The van der Waals surface area contributed by atoms with Crippen LogP contribution in [0.5, 0.6) is 5.75 Å². The molecule has 0 spiro atoms. The molecule has 0 bridgehead atoms. The number of rotatable bonds is 5. The molecule has 7 nitrogen and oxygen atoms in total. The molecule has 3 rings (SSSR count). The number of H-pyrrole nitrogens is 1. The van der Waals surface area contributed by atoms with Gasteiger partial charge in [-0.15, -0.1) is 0 Å². The van der Waals surface area contributed by atoms with Gasteiger partial charge in [-0.05, 0) is 43.2 Å². The van der Waals surface area contributed by atoms with E-state index in [0.29, 0.717) is 24.2 Å². The normalized spacial score (nSPS) is 19.7. The first-order chi connectivity index (χ1) is 11.1. The Labute approximate surface area is 132 Å². The molecule has 7 heteroatoms. The number of methoxy groups -OCH3 is 1. The Morgan fingerprint density at radius 3 is 2.61 bits per heavy atom. The number of nitrogens with zero attached hydrogens (tertiary/aromatic N) is 1. The van der Waals surface area contributed by atoms with E-state index in [1.807, 2.05) is 24.3 Å². The minimum Gasteiger partial charge on any atom is -0.497 e. The number of ether oxygens (including phenoxy) is 1. The van der Waals surface area contributed by atoms with Crippen molar-refractivity contribution in [3.05, 3.63) is 36.0 Å². The summed E-state index contributed by atoms with van der Waals surface area (Å²) in [6.45, 7) is 0. The maximum absolute atomic E-state index is 12.1. The molecule has 1 aliphatic carbocycles. The van der Waals surface area contributed by atoms with Crippen LogP contribution in [0.3, 0.4) is 0 Å². The molecular formula is C16H17N3O4. The maximum Gasteiger partial charge on any atom is 0.306 e. The Morgan fingerprint density at radius 1 is 1.30 bits per heavy atom. The van der Waals surface area contributed by atoms with Crippen LogP contribution in [0.4, 0.5) is 0 Å². The van der Waals surface area contributed by atoms with Gasteiger partial charge in [0.25, 0.3) is 5.91 Å². The van der Waals surface area contributed by atoms with Crippen LogP contribution in [0.1, 0.15) is 23.3 Å². The molecule has 0 unspecified atom stereocenters. The second-order valence-electron chi connectivity index (χ2n) is 5.57. The summed E-state index contributed by atoms with van der Waals surface area (Å²) in [5.41, 5.74) is 1.89. The summed E-state index contributed by atoms with van der Waals surface area (Å²) in [5.74, 6) is -0.679. The summed E-state index contributed by atoms with van der Waals surface area (Å²) in [5, 5.41) is 18.5. The Morgan fingerprint density at radius 2 is 2.00 bits per heavy atom. The van der Waals surface area contributed by atoms with Crippen LogP contribution in [0.2, 0.25) is 0 Å². The number of aliphatic carboxylic acids is 1. The third kappa shape index (κ3) is 3.18. The van der Waals surface area contributed by atoms with Crippen molar-refractivity contribution in [2.45, 2.75) is 18.9 Å². The first kappa shape index (κ1) is 15.1. The first-order valence-electron chi connectivity index (χ1n) is 7.30. The molecule has 23 heavy (non-hydrogen) atoms. The van der Waals surface area contributed by atoms with E-state index >= 15 is 0 Å². The number of carbonyl (C=O) groups excluding carboxylic acids is 1. The molecule has 0 radical (unpaired) electrons. The van der Waals surface area contributed by atoms with E-state index in [9.17, 15) is 9.59 Å². The van der Waals surface area contributed by atoms with E-state index in [1.165, 1.54) is 0 Å². The van der Waals surface area contributed by atoms with Gasteiger partial charge in [0.15, 0.2) is 0 Å². The fraction of sp³-hybridized carbons (Fsp3) is 0.312. The van der Waals surface area contributed by atoms with Gasteiger partial charge in [0.2, 0.25) is 0 Å².